The number of fused-ring (bicyclic) bond motifs is 2. The molecule has 2 aromatic carbocycles. The number of aryl methyl sites for hydroxylation is 1. The van der Waals surface area contributed by atoms with E-state index < -0.39 is 6.04 Å². The van der Waals surface area contributed by atoms with Crippen molar-refractivity contribution in [1.29, 1.82) is 0 Å². The molecule has 0 fully saturated rings. The maximum atomic E-state index is 13.4. The second-order valence-corrected chi connectivity index (χ2v) is 9.19. The van der Waals surface area contributed by atoms with Crippen LogP contribution in [0, 0.1) is 6.92 Å². The maximum Gasteiger partial charge on any atom is 0.254 e. The fourth-order valence-corrected chi connectivity index (χ4v) is 4.52. The summed E-state index contributed by atoms with van der Waals surface area (Å²) in [6.07, 6.45) is 0.925. The molecule has 3 heterocycles. The molecular weight excluding hydrogens is 388 g/mol. The van der Waals surface area contributed by atoms with Crippen molar-refractivity contribution in [2.75, 3.05) is 11.4 Å². The summed E-state index contributed by atoms with van der Waals surface area (Å²) in [5.74, 6) is 0.668. The van der Waals surface area contributed by atoms with Gasteiger partial charge in [-0.15, -0.1) is 5.10 Å². The minimum absolute atomic E-state index is 0.111. The van der Waals surface area contributed by atoms with Crippen molar-refractivity contribution in [3.63, 3.8) is 0 Å². The number of hydrogen-bond acceptors (Lipinski definition) is 5. The Morgan fingerprint density at radius 2 is 1.90 bits per heavy atom. The number of nitrogens with zero attached hydrogens (tertiary/aromatic N) is 5. The Hall–Kier alpha value is -3.48. The van der Waals surface area contributed by atoms with Gasteiger partial charge in [0.2, 0.25) is 0 Å². The number of anilines is 1. The Kier molecular flexibility index (Phi) is 4.43. The van der Waals surface area contributed by atoms with Crippen molar-refractivity contribution in [3.05, 3.63) is 81.4 Å². The van der Waals surface area contributed by atoms with E-state index >= 15 is 0 Å². The zero-order chi connectivity index (χ0) is 21.8. The lowest BCUT2D eigenvalue weighted by Crippen LogP contribution is -2.37. The van der Waals surface area contributed by atoms with Crippen molar-refractivity contribution >= 4 is 16.6 Å². The van der Waals surface area contributed by atoms with Crippen molar-refractivity contribution in [3.8, 4) is 0 Å². The summed E-state index contributed by atoms with van der Waals surface area (Å²) in [5.41, 5.74) is 4.53. The van der Waals surface area contributed by atoms with E-state index in [-0.39, 0.29) is 11.1 Å². The van der Waals surface area contributed by atoms with Crippen LogP contribution in [0.3, 0.4) is 0 Å². The maximum absolute atomic E-state index is 13.4. The average molecular weight is 415 g/mol. The molecule has 0 saturated carbocycles. The Balaban J connectivity index is 1.77. The molecule has 31 heavy (non-hydrogen) atoms. The second kappa shape index (κ2) is 7.04. The van der Waals surface area contributed by atoms with Crippen LogP contribution in [-0.4, -0.2) is 31.7 Å². The SMILES string of the molecule is Cc1cccc2cc([C@H](c3nnnn3C(C)(C)C)N3CCc4ccccc43)c(=O)[nH]c12. The fraction of sp³-hybridized carbons (Fsp3) is 0.333. The van der Waals surface area contributed by atoms with Gasteiger partial charge in [-0.05, 0) is 73.2 Å². The van der Waals surface area contributed by atoms with Crippen LogP contribution in [0.4, 0.5) is 5.69 Å². The molecule has 1 aliphatic rings. The molecule has 1 N–H and O–H groups in total. The monoisotopic (exact) mass is 414 g/mol. The van der Waals surface area contributed by atoms with Gasteiger partial charge >= 0.3 is 0 Å². The number of benzene rings is 2. The lowest BCUT2D eigenvalue weighted by atomic mass is 10.0. The van der Waals surface area contributed by atoms with E-state index in [0.717, 1.165) is 35.1 Å². The molecule has 1 aliphatic heterocycles. The summed E-state index contributed by atoms with van der Waals surface area (Å²) in [4.78, 5) is 18.8. The number of rotatable bonds is 3. The number of nitrogens with one attached hydrogen (secondary N) is 1. The highest BCUT2D eigenvalue weighted by Crippen LogP contribution is 2.38. The molecule has 1 atom stereocenters. The Bertz CT molecular complexity index is 1330. The third-order valence-corrected chi connectivity index (χ3v) is 6.02. The fourth-order valence-electron chi connectivity index (χ4n) is 4.52. The molecule has 0 amide bonds. The average Bonchev–Trinajstić information content (AvgIpc) is 3.38. The standard InChI is InChI=1S/C24H26N6O/c1-15-8-7-10-17-14-18(23(31)25-20(15)17)21(22-26-27-28-30(22)24(2,3)4)29-13-12-16-9-5-6-11-19(16)29/h5-11,14,21H,12-13H2,1-4H3,(H,25,31)/t21-/m1/s1. The first-order chi connectivity index (χ1) is 14.8. The predicted octanol–water partition coefficient (Wildman–Crippen LogP) is 3.73. The molecule has 0 unspecified atom stereocenters. The van der Waals surface area contributed by atoms with Crippen LogP contribution < -0.4 is 10.5 Å². The van der Waals surface area contributed by atoms with Gasteiger partial charge < -0.3 is 9.88 Å². The van der Waals surface area contributed by atoms with Gasteiger partial charge in [-0.25, -0.2) is 4.68 Å². The van der Waals surface area contributed by atoms with Crippen molar-refractivity contribution in [2.45, 2.75) is 45.7 Å². The molecule has 5 rings (SSSR count). The Morgan fingerprint density at radius 1 is 1.10 bits per heavy atom. The molecule has 2 aromatic heterocycles. The Morgan fingerprint density at radius 3 is 2.71 bits per heavy atom. The van der Waals surface area contributed by atoms with Crippen molar-refractivity contribution in [1.82, 2.24) is 25.2 Å². The van der Waals surface area contributed by atoms with Gasteiger partial charge in [-0.1, -0.05) is 36.4 Å². The smallest absolute Gasteiger partial charge is 0.254 e. The molecule has 0 radical (unpaired) electrons. The van der Waals surface area contributed by atoms with Crippen LogP contribution >= 0.6 is 0 Å². The number of hydrogen-bond donors (Lipinski definition) is 1. The lowest BCUT2D eigenvalue weighted by Gasteiger charge is -2.31. The minimum Gasteiger partial charge on any atom is -0.357 e. The zero-order valence-corrected chi connectivity index (χ0v) is 18.3. The van der Waals surface area contributed by atoms with Crippen LogP contribution in [0.25, 0.3) is 10.9 Å². The van der Waals surface area contributed by atoms with E-state index in [2.05, 4.69) is 64.4 Å². The highest BCUT2D eigenvalue weighted by atomic mass is 16.1. The normalized spacial score (nSPS) is 14.8. The number of aromatic amines is 1. The summed E-state index contributed by atoms with van der Waals surface area (Å²) in [5, 5.41) is 13.7. The van der Waals surface area contributed by atoms with Gasteiger partial charge in [0.25, 0.3) is 5.56 Å². The molecule has 0 aliphatic carbocycles. The molecule has 0 spiro atoms. The molecule has 7 nitrogen and oxygen atoms in total. The number of H-pyrrole nitrogens is 1. The zero-order valence-electron chi connectivity index (χ0n) is 18.3. The van der Waals surface area contributed by atoms with E-state index in [1.54, 1.807) is 0 Å². The van der Waals surface area contributed by atoms with Gasteiger partial charge in [0.05, 0.1) is 11.1 Å². The van der Waals surface area contributed by atoms with Crippen LogP contribution in [0.2, 0.25) is 0 Å². The molecule has 7 heteroatoms. The summed E-state index contributed by atoms with van der Waals surface area (Å²) in [6, 6.07) is 16.0. The van der Waals surface area contributed by atoms with Gasteiger partial charge in [-0.3, -0.25) is 4.79 Å². The number of tetrazole rings is 1. The van der Waals surface area contributed by atoms with Gasteiger partial charge in [-0.2, -0.15) is 0 Å². The minimum atomic E-state index is -0.397. The van der Waals surface area contributed by atoms with E-state index in [1.807, 2.05) is 41.9 Å². The summed E-state index contributed by atoms with van der Waals surface area (Å²) in [7, 11) is 0. The third kappa shape index (κ3) is 3.21. The number of para-hydroxylation sites is 2. The first-order valence-electron chi connectivity index (χ1n) is 10.6. The van der Waals surface area contributed by atoms with Crippen LogP contribution in [0.1, 0.15) is 49.3 Å². The quantitative estimate of drug-likeness (QED) is 0.553. The topological polar surface area (TPSA) is 79.7 Å². The molecule has 4 aromatic rings. The van der Waals surface area contributed by atoms with E-state index in [9.17, 15) is 4.79 Å². The Labute approximate surface area is 180 Å². The largest absolute Gasteiger partial charge is 0.357 e. The van der Waals surface area contributed by atoms with Crippen LogP contribution in [-0.2, 0) is 12.0 Å². The number of aromatic nitrogens is 5. The van der Waals surface area contributed by atoms with Crippen molar-refractivity contribution in [2.24, 2.45) is 0 Å². The molecule has 0 saturated heterocycles. The highest BCUT2D eigenvalue weighted by Gasteiger charge is 2.36. The van der Waals surface area contributed by atoms with Gasteiger partial charge in [0, 0.05) is 17.8 Å². The molecular formula is C24H26N6O. The van der Waals surface area contributed by atoms with E-state index in [1.165, 1.54) is 5.56 Å². The molecule has 158 valence electrons. The van der Waals surface area contributed by atoms with Crippen LogP contribution in [0.5, 0.6) is 0 Å². The first-order valence-corrected chi connectivity index (χ1v) is 10.6. The summed E-state index contributed by atoms with van der Waals surface area (Å²) < 4.78 is 1.83. The highest BCUT2D eigenvalue weighted by molar-refractivity contribution is 5.82. The van der Waals surface area contributed by atoms with E-state index in [4.69, 9.17) is 0 Å². The van der Waals surface area contributed by atoms with Gasteiger partial charge in [0.1, 0.15) is 6.04 Å². The van der Waals surface area contributed by atoms with Crippen LogP contribution in [0.15, 0.2) is 53.3 Å². The summed E-state index contributed by atoms with van der Waals surface area (Å²) in [6.45, 7) is 9.00. The first kappa shape index (κ1) is 19.5. The lowest BCUT2D eigenvalue weighted by molar-refractivity contribution is 0.329. The second-order valence-electron chi connectivity index (χ2n) is 9.19. The van der Waals surface area contributed by atoms with Gasteiger partial charge in [0.15, 0.2) is 5.82 Å². The van der Waals surface area contributed by atoms with E-state index in [0.29, 0.717) is 11.4 Å². The predicted molar refractivity (Wildman–Crippen MR) is 121 cm³/mol. The molecule has 0 bridgehead atoms. The van der Waals surface area contributed by atoms with Crippen molar-refractivity contribution < 1.29 is 0 Å². The number of pyridine rings is 1. The summed E-state index contributed by atoms with van der Waals surface area (Å²) >= 11 is 0. The third-order valence-electron chi connectivity index (χ3n) is 6.02.